The highest BCUT2D eigenvalue weighted by molar-refractivity contribution is 5.91. The Morgan fingerprint density at radius 2 is 1.94 bits per heavy atom. The maximum atomic E-state index is 13.2. The molecule has 2 aromatic heterocycles. The Morgan fingerprint density at radius 3 is 2.68 bits per heavy atom. The minimum absolute atomic E-state index is 0.0168. The standard InChI is InChI=1S/C21H23F3N6O/c1-11-8-12(21(22,23)24)10-13(9-11)27-18-17-16(6-7-26-19(17)31)29-20(30-18)28-15-5-3-2-4-14(15)25/h6-10,14-15H,2-5,25H2,1H3,(H,26,31)(H2,27,28,29,30)/t14-,15+/m1/s1. The molecule has 5 N–H and O–H groups in total. The molecule has 4 rings (SSSR count). The number of nitrogens with one attached hydrogen (secondary N) is 3. The second-order valence-electron chi connectivity index (χ2n) is 7.87. The lowest BCUT2D eigenvalue weighted by Gasteiger charge is -2.29. The van der Waals surface area contributed by atoms with Crippen LogP contribution in [0, 0.1) is 6.92 Å². The third-order valence-electron chi connectivity index (χ3n) is 5.42. The van der Waals surface area contributed by atoms with Gasteiger partial charge in [-0.15, -0.1) is 0 Å². The number of aromatic amines is 1. The van der Waals surface area contributed by atoms with Crippen LogP contribution in [-0.2, 0) is 6.18 Å². The summed E-state index contributed by atoms with van der Waals surface area (Å²) in [4.78, 5) is 23.8. The Labute approximate surface area is 176 Å². The Bertz CT molecular complexity index is 1160. The summed E-state index contributed by atoms with van der Waals surface area (Å²) in [6.07, 6.45) is 0.832. The molecule has 0 aliphatic heterocycles. The van der Waals surface area contributed by atoms with Gasteiger partial charge in [0.15, 0.2) is 0 Å². The first-order valence-electron chi connectivity index (χ1n) is 10.1. The Balaban J connectivity index is 1.76. The summed E-state index contributed by atoms with van der Waals surface area (Å²) in [5.41, 5.74) is 5.96. The third-order valence-corrected chi connectivity index (χ3v) is 5.42. The van der Waals surface area contributed by atoms with Crippen LogP contribution in [0.2, 0.25) is 0 Å². The second-order valence-corrected chi connectivity index (χ2v) is 7.87. The number of halogens is 3. The predicted octanol–water partition coefficient (Wildman–Crippen LogP) is 4.07. The SMILES string of the molecule is Cc1cc(Nc2nc(N[C@H]3CCCC[C@H]3N)nc3cc[nH]c(=O)c23)cc(C(F)(F)F)c1. The normalized spacial score (nSPS) is 19.4. The van der Waals surface area contributed by atoms with E-state index in [1.54, 1.807) is 19.1 Å². The molecule has 0 radical (unpaired) electrons. The van der Waals surface area contributed by atoms with Crippen molar-refractivity contribution in [1.29, 1.82) is 0 Å². The van der Waals surface area contributed by atoms with Crippen LogP contribution in [0.25, 0.3) is 10.9 Å². The Hall–Kier alpha value is -3.14. The molecule has 0 saturated heterocycles. The highest BCUT2D eigenvalue weighted by Crippen LogP contribution is 2.33. The van der Waals surface area contributed by atoms with Crippen LogP contribution in [0.3, 0.4) is 0 Å². The highest BCUT2D eigenvalue weighted by atomic mass is 19.4. The molecule has 3 aromatic rings. The van der Waals surface area contributed by atoms with Gasteiger partial charge < -0.3 is 21.4 Å². The van der Waals surface area contributed by atoms with Crippen LogP contribution in [-0.4, -0.2) is 27.0 Å². The first kappa shape index (κ1) is 21.1. The van der Waals surface area contributed by atoms with Crippen LogP contribution >= 0.6 is 0 Å². The van der Waals surface area contributed by atoms with Gasteiger partial charge in [0.2, 0.25) is 5.95 Å². The number of aromatic nitrogens is 3. The molecule has 0 amide bonds. The van der Waals surface area contributed by atoms with Crippen molar-refractivity contribution >= 4 is 28.4 Å². The van der Waals surface area contributed by atoms with Crippen molar-refractivity contribution in [2.24, 2.45) is 5.73 Å². The van der Waals surface area contributed by atoms with E-state index in [0.29, 0.717) is 11.1 Å². The van der Waals surface area contributed by atoms with Gasteiger partial charge in [0.05, 0.1) is 11.1 Å². The average Bonchev–Trinajstić information content (AvgIpc) is 2.68. The minimum Gasteiger partial charge on any atom is -0.350 e. The van der Waals surface area contributed by atoms with E-state index in [1.807, 2.05) is 0 Å². The van der Waals surface area contributed by atoms with Crippen molar-refractivity contribution in [2.75, 3.05) is 10.6 Å². The van der Waals surface area contributed by atoms with E-state index < -0.39 is 17.3 Å². The molecule has 0 spiro atoms. The fraction of sp³-hybridized carbons (Fsp3) is 0.381. The summed E-state index contributed by atoms with van der Waals surface area (Å²) in [7, 11) is 0. The smallest absolute Gasteiger partial charge is 0.350 e. The molecule has 0 bridgehead atoms. The van der Waals surface area contributed by atoms with Gasteiger partial charge >= 0.3 is 6.18 Å². The van der Waals surface area contributed by atoms with Crippen LogP contribution in [0.5, 0.6) is 0 Å². The molecule has 1 aliphatic carbocycles. The molecule has 2 heterocycles. The van der Waals surface area contributed by atoms with Gasteiger partial charge in [0.1, 0.15) is 11.2 Å². The number of hydrogen-bond acceptors (Lipinski definition) is 6. The molecule has 31 heavy (non-hydrogen) atoms. The number of alkyl halides is 3. The molecular formula is C21H23F3N6O. The van der Waals surface area contributed by atoms with E-state index in [4.69, 9.17) is 5.73 Å². The van der Waals surface area contributed by atoms with Crippen molar-refractivity contribution in [3.8, 4) is 0 Å². The molecule has 1 saturated carbocycles. The Kier molecular flexibility index (Phi) is 5.57. The van der Waals surface area contributed by atoms with Crippen LogP contribution < -0.4 is 21.9 Å². The van der Waals surface area contributed by atoms with Gasteiger partial charge in [0.25, 0.3) is 5.56 Å². The molecule has 2 atom stereocenters. The average molecular weight is 432 g/mol. The zero-order valence-electron chi connectivity index (χ0n) is 16.9. The quantitative estimate of drug-likeness (QED) is 0.495. The number of nitrogens with two attached hydrogens (primary N) is 1. The van der Waals surface area contributed by atoms with Gasteiger partial charge in [-0.2, -0.15) is 18.2 Å². The van der Waals surface area contributed by atoms with Crippen LogP contribution in [0.1, 0.15) is 36.8 Å². The summed E-state index contributed by atoms with van der Waals surface area (Å²) < 4.78 is 39.7. The molecule has 10 heteroatoms. The maximum absolute atomic E-state index is 13.2. The highest BCUT2D eigenvalue weighted by Gasteiger charge is 2.31. The van der Waals surface area contributed by atoms with Crippen LogP contribution in [0.4, 0.5) is 30.6 Å². The molecule has 1 aliphatic rings. The van der Waals surface area contributed by atoms with E-state index >= 15 is 0 Å². The number of pyridine rings is 1. The van der Waals surface area contributed by atoms with Gasteiger partial charge in [-0.05, 0) is 49.6 Å². The third kappa shape index (κ3) is 4.63. The van der Waals surface area contributed by atoms with Crippen molar-refractivity contribution < 1.29 is 13.2 Å². The molecule has 1 aromatic carbocycles. The van der Waals surface area contributed by atoms with Crippen LogP contribution in [0.15, 0.2) is 35.3 Å². The minimum atomic E-state index is -4.49. The summed E-state index contributed by atoms with van der Waals surface area (Å²) in [6, 6.07) is 5.17. The van der Waals surface area contributed by atoms with E-state index in [0.717, 1.165) is 37.8 Å². The number of nitrogens with zero attached hydrogens (tertiary/aromatic N) is 2. The molecule has 7 nitrogen and oxygen atoms in total. The van der Waals surface area contributed by atoms with E-state index in [2.05, 4.69) is 25.6 Å². The molecular weight excluding hydrogens is 409 g/mol. The van der Waals surface area contributed by atoms with Gasteiger partial charge in [0, 0.05) is 24.0 Å². The monoisotopic (exact) mass is 432 g/mol. The lowest BCUT2D eigenvalue weighted by Crippen LogP contribution is -2.43. The number of rotatable bonds is 4. The zero-order chi connectivity index (χ0) is 22.2. The number of hydrogen-bond donors (Lipinski definition) is 4. The Morgan fingerprint density at radius 1 is 1.16 bits per heavy atom. The second kappa shape index (κ2) is 8.18. The lowest BCUT2D eigenvalue weighted by molar-refractivity contribution is -0.137. The molecule has 164 valence electrons. The zero-order valence-corrected chi connectivity index (χ0v) is 16.9. The first-order chi connectivity index (χ1) is 14.7. The topological polar surface area (TPSA) is 109 Å². The largest absolute Gasteiger partial charge is 0.416 e. The number of aryl methyl sites for hydroxylation is 1. The molecule has 1 fully saturated rings. The fourth-order valence-electron chi connectivity index (χ4n) is 3.91. The van der Waals surface area contributed by atoms with E-state index in [1.165, 1.54) is 6.20 Å². The number of fused-ring (bicyclic) bond motifs is 1. The summed E-state index contributed by atoms with van der Waals surface area (Å²) in [5, 5.41) is 6.29. The fourth-order valence-corrected chi connectivity index (χ4v) is 3.91. The summed E-state index contributed by atoms with van der Waals surface area (Å²) >= 11 is 0. The van der Waals surface area contributed by atoms with Crippen molar-refractivity contribution in [3.05, 3.63) is 51.9 Å². The van der Waals surface area contributed by atoms with Crippen molar-refractivity contribution in [2.45, 2.75) is 50.9 Å². The predicted molar refractivity (Wildman–Crippen MR) is 113 cm³/mol. The van der Waals surface area contributed by atoms with Gasteiger partial charge in [-0.25, -0.2) is 4.98 Å². The molecule has 0 unspecified atom stereocenters. The maximum Gasteiger partial charge on any atom is 0.416 e. The van der Waals surface area contributed by atoms with Crippen molar-refractivity contribution in [3.63, 3.8) is 0 Å². The summed E-state index contributed by atoms with van der Waals surface area (Å²) in [6.45, 7) is 1.57. The first-order valence-corrected chi connectivity index (χ1v) is 10.1. The van der Waals surface area contributed by atoms with E-state index in [-0.39, 0.29) is 34.9 Å². The number of benzene rings is 1. The number of H-pyrrole nitrogens is 1. The van der Waals surface area contributed by atoms with E-state index in [9.17, 15) is 18.0 Å². The number of anilines is 3. The summed E-state index contributed by atoms with van der Waals surface area (Å²) in [5.74, 6) is 0.393. The van der Waals surface area contributed by atoms with Gasteiger partial charge in [-0.1, -0.05) is 12.8 Å². The van der Waals surface area contributed by atoms with Gasteiger partial charge in [-0.3, -0.25) is 4.79 Å². The van der Waals surface area contributed by atoms with Crippen molar-refractivity contribution in [1.82, 2.24) is 15.0 Å². The lowest BCUT2D eigenvalue weighted by atomic mass is 9.91.